The molecule has 0 atom stereocenters. The maximum absolute atomic E-state index is 0. The summed E-state index contributed by atoms with van der Waals surface area (Å²) in [6.07, 6.45) is 0. The first-order valence-electron chi connectivity index (χ1n) is 0. The number of rotatable bonds is 0. The Kier molecular flexibility index (Phi) is 168. The van der Waals surface area contributed by atoms with E-state index in [9.17, 15) is 0 Å². The van der Waals surface area contributed by atoms with Gasteiger partial charge in [-0.05, 0) is 0 Å². The van der Waals surface area contributed by atoms with E-state index in [-0.39, 0.29) is 71.9 Å². The minimum atomic E-state index is 0. The van der Waals surface area contributed by atoms with Crippen molar-refractivity contribution in [2.75, 3.05) is 0 Å². The molecule has 0 aliphatic heterocycles. The predicted octanol–water partition coefficient (Wildman–Crippen LogP) is -1.14. The van der Waals surface area contributed by atoms with Crippen LogP contribution in [-0.4, -0.2) is 45.7 Å². The molecule has 10 radical (unpaired) electrons. The average molecular weight is 173 g/mol. The molecule has 0 amide bonds. The summed E-state index contributed by atoms with van der Waals surface area (Å²) in [6, 6.07) is 0. The smallest absolute Gasteiger partial charge is 0 e. The molecule has 0 saturated carbocycles. The van der Waals surface area contributed by atoms with Gasteiger partial charge in [0.1, 0.15) is 0 Å². The summed E-state index contributed by atoms with van der Waals surface area (Å²) in [5, 5.41) is 0. The molecular formula is Al2SiZr. The van der Waals surface area contributed by atoms with Crippen LogP contribution in [0.1, 0.15) is 0 Å². The third-order valence-electron chi connectivity index (χ3n) is 0. The Bertz CT molecular complexity index is 6.00. The van der Waals surface area contributed by atoms with E-state index in [0.29, 0.717) is 0 Å². The third kappa shape index (κ3) is 8.90. The Balaban J connectivity index is 0. The summed E-state index contributed by atoms with van der Waals surface area (Å²) in [6.45, 7) is 0. The number of hydrogen-bond donors (Lipinski definition) is 0. The first kappa shape index (κ1) is 35.1. The van der Waals surface area contributed by atoms with Crippen LogP contribution in [0, 0.1) is 0 Å². The Hall–Kier alpha value is 2.16. The molecule has 4 heavy (non-hydrogen) atoms. The van der Waals surface area contributed by atoms with Crippen LogP contribution in [0.4, 0.5) is 0 Å². The molecule has 0 aromatic rings. The van der Waals surface area contributed by atoms with Gasteiger partial charge in [-0.25, -0.2) is 0 Å². The second-order valence-corrected chi connectivity index (χ2v) is 0. The largest absolute Gasteiger partial charge is 0 e. The van der Waals surface area contributed by atoms with E-state index in [1.54, 1.807) is 0 Å². The van der Waals surface area contributed by atoms with Crippen LogP contribution in [-0.2, 0) is 26.2 Å². The Labute approximate surface area is 71.1 Å². The first-order valence-corrected chi connectivity index (χ1v) is 0. The summed E-state index contributed by atoms with van der Waals surface area (Å²) < 4.78 is 0. The predicted molar refractivity (Wildman–Crippen MR) is 17.3 cm³/mol. The van der Waals surface area contributed by atoms with Crippen LogP contribution in [0.25, 0.3) is 0 Å². The summed E-state index contributed by atoms with van der Waals surface area (Å²) >= 11 is 0. The molecular weight excluding hydrogens is 173 g/mol. The standard InChI is InChI=1S/2Al.Si.Zr. The monoisotopic (exact) mass is 172 g/mol. The minimum Gasteiger partial charge on any atom is 0 e. The van der Waals surface area contributed by atoms with E-state index in [4.69, 9.17) is 0 Å². The molecule has 0 heterocycles. The van der Waals surface area contributed by atoms with Gasteiger partial charge in [-0.15, -0.1) is 0 Å². The fourth-order valence-corrected chi connectivity index (χ4v) is 0. The van der Waals surface area contributed by atoms with E-state index >= 15 is 0 Å². The quantitative estimate of drug-likeness (QED) is 0.406. The normalized spacial score (nSPS) is 0. The van der Waals surface area contributed by atoms with Crippen LogP contribution in [0.5, 0.6) is 0 Å². The van der Waals surface area contributed by atoms with Gasteiger partial charge in [-0.1, -0.05) is 0 Å². The molecule has 0 aliphatic carbocycles. The first-order chi connectivity index (χ1) is 0. The average Bonchev–Trinajstić information content (AvgIpc) is 0. The summed E-state index contributed by atoms with van der Waals surface area (Å²) in [7, 11) is 0. The zero-order valence-electron chi connectivity index (χ0n) is 2.15. The van der Waals surface area contributed by atoms with E-state index in [1.165, 1.54) is 0 Å². The molecule has 0 nitrogen and oxygen atoms in total. The van der Waals surface area contributed by atoms with Crippen LogP contribution in [0.3, 0.4) is 0 Å². The molecule has 0 spiro atoms. The molecule has 0 bridgehead atoms. The molecule has 0 aromatic heterocycles. The molecule has 0 aliphatic rings. The van der Waals surface area contributed by atoms with Crippen LogP contribution in [0.2, 0.25) is 0 Å². The molecule has 0 unspecified atom stereocenters. The zero-order valence-corrected chi connectivity index (χ0v) is 7.92. The van der Waals surface area contributed by atoms with Gasteiger partial charge in [0.15, 0.2) is 0 Å². The maximum Gasteiger partial charge on any atom is 0 e. The van der Waals surface area contributed by atoms with Gasteiger partial charge < -0.3 is 0 Å². The van der Waals surface area contributed by atoms with Gasteiger partial charge in [0, 0.05) is 71.9 Å². The van der Waals surface area contributed by atoms with Crippen molar-refractivity contribution in [2.45, 2.75) is 0 Å². The molecule has 0 rings (SSSR count). The third-order valence-corrected chi connectivity index (χ3v) is 0. The van der Waals surface area contributed by atoms with E-state index in [2.05, 4.69) is 0 Å². The van der Waals surface area contributed by atoms with Gasteiger partial charge >= 0.3 is 0 Å². The Morgan fingerprint density at radius 1 is 0.750 bits per heavy atom. The minimum absolute atomic E-state index is 0. The van der Waals surface area contributed by atoms with E-state index < -0.39 is 0 Å². The van der Waals surface area contributed by atoms with Crippen LogP contribution in [0.15, 0.2) is 0 Å². The van der Waals surface area contributed by atoms with Gasteiger partial charge in [0.25, 0.3) is 0 Å². The molecule has 0 aromatic carbocycles. The SMILES string of the molecule is [Al].[Al].[Si].[Zr]. The second kappa shape index (κ2) is 19.1. The molecule has 4 heteroatoms. The van der Waals surface area contributed by atoms with Crippen molar-refractivity contribution < 1.29 is 26.2 Å². The van der Waals surface area contributed by atoms with Crippen molar-refractivity contribution in [1.29, 1.82) is 0 Å². The van der Waals surface area contributed by atoms with Gasteiger partial charge in [0.2, 0.25) is 0 Å². The Morgan fingerprint density at radius 3 is 0.750 bits per heavy atom. The zero-order chi connectivity index (χ0) is 0. The van der Waals surface area contributed by atoms with Crippen molar-refractivity contribution in [3.63, 3.8) is 0 Å². The van der Waals surface area contributed by atoms with Gasteiger partial charge in [-0.3, -0.25) is 0 Å². The van der Waals surface area contributed by atoms with Gasteiger partial charge in [0.05, 0.1) is 0 Å². The van der Waals surface area contributed by atoms with Crippen LogP contribution < -0.4 is 0 Å². The fourth-order valence-electron chi connectivity index (χ4n) is 0. The van der Waals surface area contributed by atoms with E-state index in [1.807, 2.05) is 0 Å². The maximum atomic E-state index is 0. The van der Waals surface area contributed by atoms with Crippen molar-refractivity contribution in [3.8, 4) is 0 Å². The number of hydrogen-bond acceptors (Lipinski definition) is 0. The van der Waals surface area contributed by atoms with Crippen molar-refractivity contribution >= 4 is 45.7 Å². The topological polar surface area (TPSA) is 0 Å². The van der Waals surface area contributed by atoms with E-state index in [0.717, 1.165) is 0 Å². The molecule has 0 saturated heterocycles. The molecule has 0 N–H and O–H groups in total. The van der Waals surface area contributed by atoms with Crippen molar-refractivity contribution in [3.05, 3.63) is 0 Å². The molecule has 0 fully saturated rings. The van der Waals surface area contributed by atoms with Gasteiger partial charge in [-0.2, -0.15) is 0 Å². The van der Waals surface area contributed by atoms with Crippen molar-refractivity contribution in [2.24, 2.45) is 0 Å². The summed E-state index contributed by atoms with van der Waals surface area (Å²) in [4.78, 5) is 0. The molecule has 14 valence electrons. The Morgan fingerprint density at radius 2 is 0.750 bits per heavy atom. The summed E-state index contributed by atoms with van der Waals surface area (Å²) in [5.74, 6) is 0. The fraction of sp³-hybridized carbons (Fsp3) is 0. The summed E-state index contributed by atoms with van der Waals surface area (Å²) in [5.41, 5.74) is 0. The second-order valence-electron chi connectivity index (χ2n) is 0. The van der Waals surface area contributed by atoms with Crippen LogP contribution >= 0.6 is 0 Å². The van der Waals surface area contributed by atoms with Crippen molar-refractivity contribution in [1.82, 2.24) is 0 Å².